The molecule has 0 heterocycles. The summed E-state index contributed by atoms with van der Waals surface area (Å²) in [6, 6.07) is 2.44. The predicted octanol–water partition coefficient (Wildman–Crippen LogP) is 2.72. The minimum atomic E-state index is -0.472. The Labute approximate surface area is 88.0 Å². The van der Waals surface area contributed by atoms with Crippen molar-refractivity contribution >= 4 is 17.3 Å². The Morgan fingerprint density at radius 3 is 2.43 bits per heavy atom. The van der Waals surface area contributed by atoms with Gasteiger partial charge in [-0.05, 0) is 23.6 Å². The third-order valence-corrected chi connectivity index (χ3v) is 2.52. The molecule has 0 aliphatic heterocycles. The van der Waals surface area contributed by atoms with E-state index in [9.17, 15) is 4.39 Å². The molecule has 1 rings (SSSR count). The van der Waals surface area contributed by atoms with Crippen molar-refractivity contribution < 1.29 is 4.39 Å². The van der Waals surface area contributed by atoms with Crippen molar-refractivity contribution in [2.45, 2.75) is 19.9 Å². The number of benzene rings is 1. The first-order valence-electron chi connectivity index (χ1n) is 4.43. The second-order valence-electron chi connectivity index (χ2n) is 3.67. The van der Waals surface area contributed by atoms with Crippen LogP contribution in [-0.2, 0) is 0 Å². The molecule has 0 unspecified atom stereocenters. The van der Waals surface area contributed by atoms with Crippen LogP contribution in [-0.4, -0.2) is 0 Å². The molecule has 0 saturated carbocycles. The lowest BCUT2D eigenvalue weighted by Crippen LogP contribution is -2.17. The smallest absolute Gasteiger partial charge is 0.146 e. The van der Waals surface area contributed by atoms with E-state index in [2.05, 4.69) is 0 Å². The van der Waals surface area contributed by atoms with Crippen LogP contribution in [0.25, 0.3) is 0 Å². The summed E-state index contributed by atoms with van der Waals surface area (Å²) in [6.07, 6.45) is 0. The summed E-state index contributed by atoms with van der Waals surface area (Å²) >= 11 is 5.91. The fraction of sp³-hybridized carbons (Fsp3) is 0.400. The van der Waals surface area contributed by atoms with Gasteiger partial charge in [-0.15, -0.1) is 0 Å². The van der Waals surface area contributed by atoms with Crippen LogP contribution in [0, 0.1) is 11.7 Å². The maximum atomic E-state index is 13.1. The SMILES string of the molecule is CC(C)[C@H](N)c1cc(F)c(N)cc1Cl. The third kappa shape index (κ3) is 2.16. The second kappa shape index (κ2) is 4.15. The fourth-order valence-corrected chi connectivity index (χ4v) is 1.49. The molecule has 0 aromatic heterocycles. The van der Waals surface area contributed by atoms with Crippen LogP contribution in [0.5, 0.6) is 0 Å². The van der Waals surface area contributed by atoms with Gasteiger partial charge in [0.05, 0.1) is 5.69 Å². The average molecular weight is 217 g/mol. The van der Waals surface area contributed by atoms with E-state index in [4.69, 9.17) is 23.1 Å². The van der Waals surface area contributed by atoms with E-state index in [1.54, 1.807) is 0 Å². The Kier molecular flexibility index (Phi) is 3.34. The van der Waals surface area contributed by atoms with E-state index in [1.807, 2.05) is 13.8 Å². The molecule has 0 bridgehead atoms. The Balaban J connectivity index is 3.15. The highest BCUT2D eigenvalue weighted by Crippen LogP contribution is 2.29. The van der Waals surface area contributed by atoms with Gasteiger partial charge in [0.1, 0.15) is 5.82 Å². The molecular weight excluding hydrogens is 203 g/mol. The number of anilines is 1. The third-order valence-electron chi connectivity index (χ3n) is 2.19. The lowest BCUT2D eigenvalue weighted by molar-refractivity contribution is 0.510. The Bertz CT molecular complexity index is 339. The molecular formula is C10H14ClFN2. The van der Waals surface area contributed by atoms with Crippen LogP contribution in [0.3, 0.4) is 0 Å². The molecule has 78 valence electrons. The number of hydrogen-bond donors (Lipinski definition) is 2. The molecule has 0 aliphatic rings. The normalized spacial score (nSPS) is 13.3. The molecule has 0 amide bonds. The van der Waals surface area contributed by atoms with Crippen molar-refractivity contribution in [3.05, 3.63) is 28.5 Å². The first-order chi connectivity index (χ1) is 6.43. The monoisotopic (exact) mass is 216 g/mol. The first-order valence-corrected chi connectivity index (χ1v) is 4.81. The lowest BCUT2D eigenvalue weighted by Gasteiger charge is -2.17. The van der Waals surface area contributed by atoms with Gasteiger partial charge in [-0.3, -0.25) is 0 Å². The highest BCUT2D eigenvalue weighted by atomic mass is 35.5. The second-order valence-corrected chi connectivity index (χ2v) is 4.07. The maximum Gasteiger partial charge on any atom is 0.146 e. The van der Waals surface area contributed by atoms with Crippen LogP contribution in [0.1, 0.15) is 25.5 Å². The molecule has 2 nitrogen and oxygen atoms in total. The van der Waals surface area contributed by atoms with Gasteiger partial charge in [-0.1, -0.05) is 25.4 Å². The van der Waals surface area contributed by atoms with Gasteiger partial charge in [0.15, 0.2) is 0 Å². The van der Waals surface area contributed by atoms with Crippen LogP contribution in [0.4, 0.5) is 10.1 Å². The largest absolute Gasteiger partial charge is 0.396 e. The van der Waals surface area contributed by atoms with E-state index in [-0.39, 0.29) is 17.6 Å². The van der Waals surface area contributed by atoms with Gasteiger partial charge in [0, 0.05) is 11.1 Å². The summed E-state index contributed by atoms with van der Waals surface area (Å²) in [4.78, 5) is 0. The zero-order valence-corrected chi connectivity index (χ0v) is 8.98. The maximum absolute atomic E-state index is 13.1. The van der Waals surface area contributed by atoms with Crippen LogP contribution in [0.15, 0.2) is 12.1 Å². The number of nitrogens with two attached hydrogens (primary N) is 2. The van der Waals surface area contributed by atoms with Crippen molar-refractivity contribution in [2.75, 3.05) is 5.73 Å². The molecule has 1 aromatic carbocycles. The van der Waals surface area contributed by atoms with Gasteiger partial charge in [-0.2, -0.15) is 0 Å². The van der Waals surface area contributed by atoms with E-state index < -0.39 is 5.82 Å². The minimum absolute atomic E-state index is 0.0507. The Morgan fingerprint density at radius 1 is 1.36 bits per heavy atom. The summed E-state index contributed by atoms with van der Waals surface area (Å²) in [5.74, 6) is -0.268. The molecule has 4 heteroatoms. The van der Waals surface area contributed by atoms with Crippen molar-refractivity contribution in [3.8, 4) is 0 Å². The number of nitrogen functional groups attached to an aromatic ring is 1. The van der Waals surface area contributed by atoms with Gasteiger partial charge in [0.25, 0.3) is 0 Å². The predicted molar refractivity (Wildman–Crippen MR) is 57.6 cm³/mol. The molecule has 0 spiro atoms. The number of rotatable bonds is 2. The van der Waals surface area contributed by atoms with Crippen molar-refractivity contribution in [3.63, 3.8) is 0 Å². The summed E-state index contributed by atoms with van der Waals surface area (Å²) < 4.78 is 13.1. The minimum Gasteiger partial charge on any atom is -0.396 e. The van der Waals surface area contributed by atoms with Crippen molar-refractivity contribution in [1.82, 2.24) is 0 Å². The lowest BCUT2D eigenvalue weighted by atomic mass is 9.96. The molecule has 4 N–H and O–H groups in total. The number of halogens is 2. The van der Waals surface area contributed by atoms with Crippen LogP contribution < -0.4 is 11.5 Å². The van der Waals surface area contributed by atoms with E-state index in [0.29, 0.717) is 10.6 Å². The summed E-state index contributed by atoms with van der Waals surface area (Å²) in [7, 11) is 0. The average Bonchev–Trinajstić information content (AvgIpc) is 2.10. The Hall–Kier alpha value is -0.800. The summed E-state index contributed by atoms with van der Waals surface area (Å²) in [5.41, 5.74) is 11.9. The molecule has 1 aromatic rings. The van der Waals surface area contributed by atoms with Gasteiger partial charge in [-0.25, -0.2) is 4.39 Å². The topological polar surface area (TPSA) is 52.0 Å². The zero-order valence-electron chi connectivity index (χ0n) is 8.22. The van der Waals surface area contributed by atoms with E-state index in [0.717, 1.165) is 0 Å². The molecule has 0 fully saturated rings. The number of hydrogen-bond acceptors (Lipinski definition) is 2. The summed E-state index contributed by atoms with van der Waals surface area (Å²) in [5, 5.41) is 0.421. The van der Waals surface area contributed by atoms with Crippen molar-refractivity contribution in [1.29, 1.82) is 0 Å². The standard InChI is InChI=1S/C10H14ClFN2/c1-5(2)10(14)6-3-8(12)9(13)4-7(6)11/h3-5,10H,13-14H2,1-2H3/t10-/m0/s1. The molecule has 0 aliphatic carbocycles. The first kappa shape index (κ1) is 11.3. The van der Waals surface area contributed by atoms with E-state index >= 15 is 0 Å². The summed E-state index contributed by atoms with van der Waals surface area (Å²) in [6.45, 7) is 3.91. The fourth-order valence-electron chi connectivity index (χ4n) is 1.19. The molecule has 0 radical (unpaired) electrons. The van der Waals surface area contributed by atoms with Crippen LogP contribution >= 0.6 is 11.6 Å². The quantitative estimate of drug-likeness (QED) is 0.747. The molecule has 0 saturated heterocycles. The van der Waals surface area contributed by atoms with Gasteiger partial charge >= 0.3 is 0 Å². The van der Waals surface area contributed by atoms with Crippen LogP contribution in [0.2, 0.25) is 5.02 Å². The molecule has 1 atom stereocenters. The Morgan fingerprint density at radius 2 is 1.93 bits per heavy atom. The van der Waals surface area contributed by atoms with Gasteiger partial charge in [0.2, 0.25) is 0 Å². The van der Waals surface area contributed by atoms with Gasteiger partial charge < -0.3 is 11.5 Å². The highest BCUT2D eigenvalue weighted by Gasteiger charge is 2.16. The highest BCUT2D eigenvalue weighted by molar-refractivity contribution is 6.31. The van der Waals surface area contributed by atoms with Crippen molar-refractivity contribution in [2.24, 2.45) is 11.7 Å². The zero-order chi connectivity index (χ0) is 10.9. The molecule has 14 heavy (non-hydrogen) atoms. The van der Waals surface area contributed by atoms with E-state index in [1.165, 1.54) is 12.1 Å².